The summed E-state index contributed by atoms with van der Waals surface area (Å²) in [6.45, 7) is 7.75. The molecule has 1 N–H and O–H groups in total. The molecule has 1 aliphatic rings. The van der Waals surface area contributed by atoms with Crippen LogP contribution in [0.4, 0.5) is 17.2 Å². The van der Waals surface area contributed by atoms with Gasteiger partial charge in [0.25, 0.3) is 0 Å². The third-order valence-electron chi connectivity index (χ3n) is 5.29. The molecule has 3 aromatic rings. The molecular weight excluding hydrogens is 366 g/mol. The summed E-state index contributed by atoms with van der Waals surface area (Å²) in [5.41, 5.74) is 3.94. The van der Waals surface area contributed by atoms with E-state index in [4.69, 9.17) is 9.47 Å². The molecule has 7 heteroatoms. The summed E-state index contributed by atoms with van der Waals surface area (Å²) in [4.78, 5) is 15.7. The summed E-state index contributed by atoms with van der Waals surface area (Å²) in [7, 11) is 2.09. The number of aromatic nitrogens is 3. The van der Waals surface area contributed by atoms with Crippen LogP contribution in [0, 0.1) is 6.92 Å². The van der Waals surface area contributed by atoms with Gasteiger partial charge in [-0.25, -0.2) is 15.0 Å². The molecule has 0 spiro atoms. The average molecular weight is 393 g/mol. The lowest BCUT2D eigenvalue weighted by Crippen LogP contribution is -2.25. The average Bonchev–Trinajstić information content (AvgIpc) is 3.21. The molecule has 152 valence electrons. The molecule has 4 rings (SSSR count). The number of nitrogens with zero attached hydrogens (tertiary/aromatic N) is 4. The van der Waals surface area contributed by atoms with Crippen molar-refractivity contribution in [2.45, 2.75) is 39.3 Å². The number of aryl methyl sites for hydroxylation is 1. The maximum Gasteiger partial charge on any atom is 0.238 e. The molecule has 1 aromatic carbocycles. The van der Waals surface area contributed by atoms with E-state index in [0.717, 1.165) is 46.7 Å². The molecule has 2 aromatic heterocycles. The Morgan fingerprint density at radius 1 is 1.24 bits per heavy atom. The Morgan fingerprint density at radius 2 is 2.10 bits per heavy atom. The minimum Gasteiger partial charge on any atom is -0.470 e. The number of anilines is 3. The Morgan fingerprint density at radius 3 is 2.86 bits per heavy atom. The predicted molar refractivity (Wildman–Crippen MR) is 115 cm³/mol. The van der Waals surface area contributed by atoms with Crippen LogP contribution < -0.4 is 15.0 Å². The van der Waals surface area contributed by atoms with Gasteiger partial charge in [0.05, 0.1) is 18.7 Å². The van der Waals surface area contributed by atoms with E-state index in [-0.39, 0.29) is 6.10 Å². The zero-order valence-corrected chi connectivity index (χ0v) is 17.3. The lowest BCUT2D eigenvalue weighted by Gasteiger charge is -2.25. The van der Waals surface area contributed by atoms with E-state index in [1.54, 1.807) is 12.5 Å². The highest BCUT2D eigenvalue weighted by atomic mass is 16.5. The standard InChI is InChI=1S/C22H27N5O2/c1-14(2)27(4)16-10-15(3)20-19(11-16)24-13-25-21(20)26-18-6-5-8-23-22(18)29-17-7-9-28-12-17/h5-6,8,10-11,13-14,17H,7,9,12H2,1-4H3,(H,24,25,26)/t17-/m0/s1. The fourth-order valence-electron chi connectivity index (χ4n) is 3.44. The fraction of sp³-hybridized carbons (Fsp3) is 0.409. The molecule has 0 saturated carbocycles. The van der Waals surface area contributed by atoms with Crippen molar-refractivity contribution in [3.8, 4) is 5.88 Å². The zero-order chi connectivity index (χ0) is 20.4. The van der Waals surface area contributed by atoms with Gasteiger partial charge in [0.2, 0.25) is 5.88 Å². The highest BCUT2D eigenvalue weighted by molar-refractivity contribution is 5.95. The predicted octanol–water partition coefficient (Wildman–Crippen LogP) is 4.09. The molecule has 0 amide bonds. The molecular formula is C22H27N5O2. The van der Waals surface area contributed by atoms with Crippen LogP contribution in [-0.4, -0.2) is 47.4 Å². The van der Waals surface area contributed by atoms with Crippen LogP contribution in [0.5, 0.6) is 5.88 Å². The van der Waals surface area contributed by atoms with Crippen molar-refractivity contribution in [1.82, 2.24) is 15.0 Å². The van der Waals surface area contributed by atoms with Crippen LogP contribution in [0.1, 0.15) is 25.8 Å². The van der Waals surface area contributed by atoms with Crippen LogP contribution in [0.15, 0.2) is 36.8 Å². The molecule has 1 fully saturated rings. The quantitative estimate of drug-likeness (QED) is 0.676. The van der Waals surface area contributed by atoms with Crippen molar-refractivity contribution in [3.63, 3.8) is 0 Å². The minimum atomic E-state index is 0.0310. The highest BCUT2D eigenvalue weighted by Gasteiger charge is 2.20. The summed E-state index contributed by atoms with van der Waals surface area (Å²) in [5.74, 6) is 1.30. The Labute approximate surface area is 171 Å². The van der Waals surface area contributed by atoms with Crippen molar-refractivity contribution >= 4 is 28.1 Å². The van der Waals surface area contributed by atoms with Crippen LogP contribution in [0.25, 0.3) is 10.9 Å². The highest BCUT2D eigenvalue weighted by Crippen LogP contribution is 2.33. The topological polar surface area (TPSA) is 72.4 Å². The number of pyridine rings is 1. The molecule has 1 atom stereocenters. The number of hydrogen-bond acceptors (Lipinski definition) is 7. The Kier molecular flexibility index (Phi) is 5.49. The second-order valence-corrected chi connectivity index (χ2v) is 7.67. The van der Waals surface area contributed by atoms with Crippen molar-refractivity contribution in [1.29, 1.82) is 0 Å². The third-order valence-corrected chi connectivity index (χ3v) is 5.29. The number of rotatable bonds is 6. The maximum atomic E-state index is 6.05. The van der Waals surface area contributed by atoms with E-state index in [2.05, 4.69) is 65.1 Å². The third kappa shape index (κ3) is 4.10. The van der Waals surface area contributed by atoms with Gasteiger partial charge in [0, 0.05) is 36.8 Å². The fourth-order valence-corrected chi connectivity index (χ4v) is 3.44. The summed E-state index contributed by atoms with van der Waals surface area (Å²) in [5, 5.41) is 4.40. The van der Waals surface area contributed by atoms with E-state index in [0.29, 0.717) is 18.5 Å². The van der Waals surface area contributed by atoms with E-state index in [1.165, 1.54) is 0 Å². The van der Waals surface area contributed by atoms with Gasteiger partial charge < -0.3 is 19.7 Å². The first-order valence-corrected chi connectivity index (χ1v) is 9.97. The van der Waals surface area contributed by atoms with Crippen LogP contribution >= 0.6 is 0 Å². The van der Waals surface area contributed by atoms with Crippen molar-refractivity contribution < 1.29 is 9.47 Å². The SMILES string of the molecule is Cc1cc(N(C)C(C)C)cc2ncnc(Nc3cccnc3O[C@H]3CCOC3)c12. The Hall–Kier alpha value is -2.93. The lowest BCUT2D eigenvalue weighted by molar-refractivity contribution is 0.138. The first-order valence-electron chi connectivity index (χ1n) is 9.97. The van der Waals surface area contributed by atoms with Gasteiger partial charge in [-0.3, -0.25) is 0 Å². The first kappa shape index (κ1) is 19.4. The smallest absolute Gasteiger partial charge is 0.238 e. The van der Waals surface area contributed by atoms with E-state index >= 15 is 0 Å². The summed E-state index contributed by atoms with van der Waals surface area (Å²) >= 11 is 0. The molecule has 0 bridgehead atoms. The van der Waals surface area contributed by atoms with E-state index < -0.39 is 0 Å². The number of benzene rings is 1. The van der Waals surface area contributed by atoms with Crippen molar-refractivity contribution in [2.75, 3.05) is 30.5 Å². The van der Waals surface area contributed by atoms with Gasteiger partial charge in [0.15, 0.2) is 0 Å². The van der Waals surface area contributed by atoms with Crippen LogP contribution in [0.2, 0.25) is 0 Å². The Balaban J connectivity index is 1.68. The van der Waals surface area contributed by atoms with Crippen LogP contribution in [-0.2, 0) is 4.74 Å². The normalized spacial score (nSPS) is 16.4. The number of fused-ring (bicyclic) bond motifs is 1. The molecule has 0 unspecified atom stereocenters. The van der Waals surface area contributed by atoms with E-state index in [9.17, 15) is 0 Å². The van der Waals surface area contributed by atoms with E-state index in [1.807, 2.05) is 12.1 Å². The van der Waals surface area contributed by atoms with Gasteiger partial charge in [-0.1, -0.05) is 0 Å². The number of hydrogen-bond donors (Lipinski definition) is 1. The van der Waals surface area contributed by atoms with Crippen LogP contribution in [0.3, 0.4) is 0 Å². The molecule has 1 aliphatic heterocycles. The Bertz CT molecular complexity index is 1000. The first-order chi connectivity index (χ1) is 14.0. The molecule has 7 nitrogen and oxygen atoms in total. The zero-order valence-electron chi connectivity index (χ0n) is 17.3. The van der Waals surface area contributed by atoms with Crippen molar-refractivity contribution in [3.05, 3.63) is 42.4 Å². The second kappa shape index (κ2) is 8.21. The van der Waals surface area contributed by atoms with Gasteiger partial charge in [-0.15, -0.1) is 0 Å². The number of ether oxygens (including phenoxy) is 2. The van der Waals surface area contributed by atoms with Gasteiger partial charge >= 0.3 is 0 Å². The monoisotopic (exact) mass is 393 g/mol. The second-order valence-electron chi connectivity index (χ2n) is 7.67. The lowest BCUT2D eigenvalue weighted by atomic mass is 10.1. The number of nitrogens with one attached hydrogen (secondary N) is 1. The van der Waals surface area contributed by atoms with Crippen molar-refractivity contribution in [2.24, 2.45) is 0 Å². The molecule has 0 radical (unpaired) electrons. The molecule has 29 heavy (non-hydrogen) atoms. The van der Waals surface area contributed by atoms with Gasteiger partial charge in [0.1, 0.15) is 23.9 Å². The summed E-state index contributed by atoms with van der Waals surface area (Å²) in [6, 6.07) is 8.51. The van der Waals surface area contributed by atoms with Gasteiger partial charge in [-0.2, -0.15) is 0 Å². The maximum absolute atomic E-state index is 6.05. The molecule has 3 heterocycles. The molecule has 1 saturated heterocycles. The van der Waals surface area contributed by atoms with Gasteiger partial charge in [-0.05, 0) is 50.6 Å². The minimum absolute atomic E-state index is 0.0310. The summed E-state index contributed by atoms with van der Waals surface area (Å²) in [6.07, 6.45) is 4.22. The summed E-state index contributed by atoms with van der Waals surface area (Å²) < 4.78 is 11.5. The largest absolute Gasteiger partial charge is 0.470 e. The molecule has 0 aliphatic carbocycles.